The lowest BCUT2D eigenvalue weighted by Crippen LogP contribution is -2.31. The molecule has 0 aliphatic rings. The maximum Gasteiger partial charge on any atom is 0.147 e. The van der Waals surface area contributed by atoms with Crippen molar-refractivity contribution < 1.29 is 9.50 Å². The molecular formula is C18H19FN2O. The minimum absolute atomic E-state index is 0.104. The zero-order valence-corrected chi connectivity index (χ0v) is 12.4. The predicted octanol–water partition coefficient (Wildman–Crippen LogP) is 3.00. The Bertz CT molecular complexity index is 782. The van der Waals surface area contributed by atoms with E-state index in [2.05, 4.69) is 0 Å². The van der Waals surface area contributed by atoms with E-state index in [0.717, 1.165) is 16.5 Å². The molecule has 0 aliphatic carbocycles. The van der Waals surface area contributed by atoms with Gasteiger partial charge in [0.1, 0.15) is 5.82 Å². The molecule has 3 rings (SSSR count). The van der Waals surface area contributed by atoms with Crippen LogP contribution in [0.15, 0.2) is 54.7 Å². The van der Waals surface area contributed by atoms with Gasteiger partial charge in [0.15, 0.2) is 0 Å². The van der Waals surface area contributed by atoms with Crippen molar-refractivity contribution in [1.29, 1.82) is 0 Å². The normalized spacial score (nSPS) is 14.2. The molecule has 22 heavy (non-hydrogen) atoms. The Kier molecular flexibility index (Phi) is 3.96. The van der Waals surface area contributed by atoms with Crippen LogP contribution in [-0.2, 0) is 0 Å². The van der Waals surface area contributed by atoms with Crippen molar-refractivity contribution in [3.05, 3.63) is 71.7 Å². The largest absolute Gasteiger partial charge is 0.389 e. The van der Waals surface area contributed by atoms with E-state index in [0.29, 0.717) is 5.52 Å². The number of hydrogen-bond donors (Lipinski definition) is 2. The molecule has 4 heteroatoms. The second-order valence-corrected chi connectivity index (χ2v) is 5.51. The lowest BCUT2D eigenvalue weighted by molar-refractivity contribution is 0.139. The first-order valence-corrected chi connectivity index (χ1v) is 7.32. The van der Waals surface area contributed by atoms with Gasteiger partial charge >= 0.3 is 0 Å². The molecule has 114 valence electrons. The molecule has 1 heterocycles. The van der Waals surface area contributed by atoms with Gasteiger partial charge in [-0.1, -0.05) is 42.5 Å². The first-order chi connectivity index (χ1) is 10.6. The maximum atomic E-state index is 14.4. The van der Waals surface area contributed by atoms with E-state index in [4.69, 9.17) is 5.73 Å². The number of fused-ring (bicyclic) bond motifs is 1. The van der Waals surface area contributed by atoms with Gasteiger partial charge in [-0.25, -0.2) is 4.39 Å². The van der Waals surface area contributed by atoms with Crippen molar-refractivity contribution in [3.63, 3.8) is 0 Å². The Morgan fingerprint density at radius 1 is 1.14 bits per heavy atom. The molecule has 3 N–H and O–H groups in total. The van der Waals surface area contributed by atoms with Crippen molar-refractivity contribution in [3.8, 4) is 0 Å². The molecule has 0 unspecified atom stereocenters. The summed E-state index contributed by atoms with van der Waals surface area (Å²) < 4.78 is 16.2. The lowest BCUT2D eigenvalue weighted by Gasteiger charge is -2.25. The number of aliphatic hydroxyl groups excluding tert-OH is 1. The Hall–Kier alpha value is -2.17. The maximum absolute atomic E-state index is 14.4. The summed E-state index contributed by atoms with van der Waals surface area (Å²) >= 11 is 0. The van der Waals surface area contributed by atoms with E-state index in [1.54, 1.807) is 10.6 Å². The second kappa shape index (κ2) is 5.91. The SMILES string of the molecule is Cc1cn([C@@H](c2ccccc2)[C@H](O)CN)c2c(F)cccc12. The van der Waals surface area contributed by atoms with E-state index in [1.807, 2.05) is 49.5 Å². The number of aryl methyl sites for hydroxylation is 1. The standard InChI is InChI=1S/C18H19FN2O/c1-12-11-21(18-14(12)8-5-9-15(18)19)17(16(22)10-20)13-6-3-2-4-7-13/h2-9,11,16-17,22H,10,20H2,1H3/t16-,17+/m1/s1. The van der Waals surface area contributed by atoms with Crippen LogP contribution in [0.1, 0.15) is 17.2 Å². The second-order valence-electron chi connectivity index (χ2n) is 5.51. The van der Waals surface area contributed by atoms with Gasteiger partial charge in [0.05, 0.1) is 17.7 Å². The van der Waals surface area contributed by atoms with Gasteiger partial charge in [-0.05, 0) is 24.1 Å². The number of aliphatic hydroxyl groups is 1. The third-order valence-corrected chi connectivity index (χ3v) is 4.05. The van der Waals surface area contributed by atoms with Crippen LogP contribution in [0.5, 0.6) is 0 Å². The zero-order chi connectivity index (χ0) is 15.7. The van der Waals surface area contributed by atoms with Crippen molar-refractivity contribution in [2.75, 3.05) is 6.54 Å². The van der Waals surface area contributed by atoms with Crippen LogP contribution >= 0.6 is 0 Å². The number of aromatic nitrogens is 1. The molecule has 1 aromatic heterocycles. The van der Waals surface area contributed by atoms with Gasteiger partial charge in [0, 0.05) is 18.1 Å². The van der Waals surface area contributed by atoms with Crippen LogP contribution in [0.25, 0.3) is 10.9 Å². The molecule has 0 amide bonds. The van der Waals surface area contributed by atoms with E-state index < -0.39 is 12.1 Å². The molecule has 3 aromatic rings. The Morgan fingerprint density at radius 3 is 2.55 bits per heavy atom. The van der Waals surface area contributed by atoms with E-state index in [9.17, 15) is 9.50 Å². The summed E-state index contributed by atoms with van der Waals surface area (Å²) in [5, 5.41) is 11.3. The molecule has 0 saturated carbocycles. The van der Waals surface area contributed by atoms with E-state index in [-0.39, 0.29) is 12.4 Å². The fourth-order valence-electron chi connectivity index (χ4n) is 3.01. The molecule has 0 radical (unpaired) electrons. The zero-order valence-electron chi connectivity index (χ0n) is 12.4. The highest BCUT2D eigenvalue weighted by Gasteiger charge is 2.25. The summed E-state index contributed by atoms with van der Waals surface area (Å²) in [6, 6.07) is 14.2. The quantitative estimate of drug-likeness (QED) is 0.778. The molecule has 0 fully saturated rings. The summed E-state index contributed by atoms with van der Waals surface area (Å²) in [6.07, 6.45) is 1.08. The number of hydrogen-bond acceptors (Lipinski definition) is 2. The molecule has 0 spiro atoms. The topological polar surface area (TPSA) is 51.2 Å². The summed E-state index contributed by atoms with van der Waals surface area (Å²) in [6.45, 7) is 2.04. The summed E-state index contributed by atoms with van der Waals surface area (Å²) in [7, 11) is 0. The summed E-state index contributed by atoms with van der Waals surface area (Å²) in [5.74, 6) is -0.296. The number of rotatable bonds is 4. The summed E-state index contributed by atoms with van der Waals surface area (Å²) in [4.78, 5) is 0. The van der Waals surface area contributed by atoms with Gasteiger partial charge in [0.2, 0.25) is 0 Å². The van der Waals surface area contributed by atoms with Crippen molar-refractivity contribution in [2.24, 2.45) is 5.73 Å². The highest BCUT2D eigenvalue weighted by atomic mass is 19.1. The summed E-state index contributed by atoms with van der Waals surface area (Å²) in [5.41, 5.74) is 8.06. The van der Waals surface area contributed by atoms with Gasteiger partial charge < -0.3 is 15.4 Å². The molecule has 2 atom stereocenters. The Morgan fingerprint density at radius 2 is 1.86 bits per heavy atom. The van der Waals surface area contributed by atoms with Crippen molar-refractivity contribution >= 4 is 10.9 Å². The smallest absolute Gasteiger partial charge is 0.147 e. The minimum atomic E-state index is -0.794. The number of benzene rings is 2. The van der Waals surface area contributed by atoms with Gasteiger partial charge in [-0.3, -0.25) is 0 Å². The van der Waals surface area contributed by atoms with Crippen LogP contribution in [0.2, 0.25) is 0 Å². The van der Waals surface area contributed by atoms with Crippen LogP contribution in [0.3, 0.4) is 0 Å². The monoisotopic (exact) mass is 298 g/mol. The average molecular weight is 298 g/mol. The molecule has 0 aliphatic heterocycles. The third kappa shape index (κ3) is 2.40. The predicted molar refractivity (Wildman–Crippen MR) is 86.3 cm³/mol. The first-order valence-electron chi connectivity index (χ1n) is 7.32. The van der Waals surface area contributed by atoms with E-state index >= 15 is 0 Å². The van der Waals surface area contributed by atoms with Crippen LogP contribution in [-0.4, -0.2) is 22.3 Å². The van der Waals surface area contributed by atoms with Gasteiger partial charge in [0.25, 0.3) is 0 Å². The number of para-hydroxylation sites is 1. The molecule has 3 nitrogen and oxygen atoms in total. The molecule has 0 saturated heterocycles. The van der Waals surface area contributed by atoms with Gasteiger partial charge in [-0.2, -0.15) is 0 Å². The van der Waals surface area contributed by atoms with Crippen molar-refractivity contribution in [1.82, 2.24) is 4.57 Å². The Balaban J connectivity index is 2.25. The first kappa shape index (κ1) is 14.8. The fraction of sp³-hybridized carbons (Fsp3) is 0.222. The van der Waals surface area contributed by atoms with Crippen LogP contribution in [0, 0.1) is 12.7 Å². The lowest BCUT2D eigenvalue weighted by atomic mass is 10.0. The third-order valence-electron chi connectivity index (χ3n) is 4.05. The highest BCUT2D eigenvalue weighted by molar-refractivity contribution is 5.84. The molecular weight excluding hydrogens is 279 g/mol. The van der Waals surface area contributed by atoms with Crippen LogP contribution in [0.4, 0.5) is 4.39 Å². The number of nitrogens with zero attached hydrogens (tertiary/aromatic N) is 1. The average Bonchev–Trinajstić information content (AvgIpc) is 2.87. The number of nitrogens with two attached hydrogens (primary N) is 1. The van der Waals surface area contributed by atoms with Crippen molar-refractivity contribution in [2.45, 2.75) is 19.1 Å². The van der Waals surface area contributed by atoms with Gasteiger partial charge in [-0.15, -0.1) is 0 Å². The van der Waals surface area contributed by atoms with E-state index in [1.165, 1.54) is 6.07 Å². The number of halogens is 1. The fourth-order valence-corrected chi connectivity index (χ4v) is 3.01. The highest BCUT2D eigenvalue weighted by Crippen LogP contribution is 2.31. The minimum Gasteiger partial charge on any atom is -0.389 e. The Labute approximate surface area is 128 Å². The van der Waals surface area contributed by atoms with Crippen LogP contribution < -0.4 is 5.73 Å². The molecule has 2 aromatic carbocycles. The molecule has 0 bridgehead atoms.